The van der Waals surface area contributed by atoms with Crippen molar-refractivity contribution in [1.29, 1.82) is 0 Å². The third-order valence-corrected chi connectivity index (χ3v) is 6.26. The van der Waals surface area contributed by atoms with Crippen molar-refractivity contribution in [2.24, 2.45) is 5.73 Å². The highest BCUT2D eigenvalue weighted by molar-refractivity contribution is 9.11. The van der Waals surface area contributed by atoms with Crippen LogP contribution in [0.1, 0.15) is 4.88 Å². The summed E-state index contributed by atoms with van der Waals surface area (Å²) in [4.78, 5) is 4.93. The van der Waals surface area contributed by atoms with Crippen LogP contribution < -0.4 is 10.5 Å². The van der Waals surface area contributed by atoms with Gasteiger partial charge in [-0.2, -0.15) is 0 Å². The molecular formula is C10H9Br2N3O2S2. The number of anilines is 1. The fraction of sp³-hybridized carbons (Fsp3) is 0.100. The Morgan fingerprint density at radius 3 is 2.63 bits per heavy atom. The highest BCUT2D eigenvalue weighted by Gasteiger charge is 2.21. The largest absolute Gasteiger partial charge is 0.326 e. The molecule has 0 aliphatic heterocycles. The maximum absolute atomic E-state index is 12.2. The number of pyridine rings is 1. The Hall–Kier alpha value is -0.480. The molecule has 0 unspecified atom stereocenters. The summed E-state index contributed by atoms with van der Waals surface area (Å²) in [5.41, 5.74) is 5.50. The summed E-state index contributed by atoms with van der Waals surface area (Å²) in [6.45, 7) is 0.301. The minimum atomic E-state index is -3.67. The van der Waals surface area contributed by atoms with Gasteiger partial charge in [-0.1, -0.05) is 0 Å². The fourth-order valence-corrected chi connectivity index (χ4v) is 5.12. The molecule has 0 amide bonds. The Morgan fingerprint density at radius 1 is 1.37 bits per heavy atom. The van der Waals surface area contributed by atoms with E-state index in [1.165, 1.54) is 17.5 Å². The van der Waals surface area contributed by atoms with Crippen molar-refractivity contribution in [1.82, 2.24) is 4.98 Å². The number of nitrogens with one attached hydrogen (secondary N) is 1. The molecule has 2 heterocycles. The Bertz CT molecular complexity index is 683. The Morgan fingerprint density at radius 2 is 2.11 bits per heavy atom. The van der Waals surface area contributed by atoms with E-state index >= 15 is 0 Å². The second-order valence-electron chi connectivity index (χ2n) is 3.52. The van der Waals surface area contributed by atoms with Crippen molar-refractivity contribution in [3.8, 4) is 0 Å². The maximum Gasteiger partial charge on any atom is 0.265 e. The van der Waals surface area contributed by atoms with E-state index in [2.05, 4.69) is 41.6 Å². The molecule has 0 saturated carbocycles. The Kier molecular flexibility index (Phi) is 4.62. The summed E-state index contributed by atoms with van der Waals surface area (Å²) in [6, 6.07) is 4.83. The van der Waals surface area contributed by atoms with Crippen LogP contribution in [0.15, 0.2) is 37.6 Å². The molecular weight excluding hydrogens is 418 g/mol. The number of nitrogens with zero attached hydrogens (tertiary/aromatic N) is 1. The van der Waals surface area contributed by atoms with Crippen LogP contribution in [0.5, 0.6) is 0 Å². The molecule has 0 fully saturated rings. The van der Waals surface area contributed by atoms with Gasteiger partial charge in [-0.3, -0.25) is 4.72 Å². The van der Waals surface area contributed by atoms with Crippen LogP contribution in [0.4, 0.5) is 5.82 Å². The quantitative estimate of drug-likeness (QED) is 0.786. The monoisotopic (exact) mass is 425 g/mol. The number of halogens is 2. The number of sulfonamides is 1. The average molecular weight is 427 g/mol. The first-order valence-electron chi connectivity index (χ1n) is 5.05. The number of thiophene rings is 1. The number of aromatic nitrogens is 1. The predicted molar refractivity (Wildman–Crippen MR) is 82.7 cm³/mol. The summed E-state index contributed by atoms with van der Waals surface area (Å²) < 4.78 is 28.1. The van der Waals surface area contributed by atoms with Crippen molar-refractivity contribution < 1.29 is 8.42 Å². The van der Waals surface area contributed by atoms with Crippen LogP contribution in [-0.2, 0) is 16.6 Å². The van der Waals surface area contributed by atoms with E-state index in [0.29, 0.717) is 10.3 Å². The molecule has 2 aromatic rings. The van der Waals surface area contributed by atoms with Gasteiger partial charge in [-0.05, 0) is 50.1 Å². The standard InChI is InChI=1S/C10H9Br2N3O2S2/c11-6-1-2-9(14-5-6)15-19(16,17)8-3-7(4-13)18-10(8)12/h1-3,5H,4,13H2,(H,14,15). The molecule has 5 nitrogen and oxygen atoms in total. The predicted octanol–water partition coefficient (Wildman–Crippen LogP) is 2.93. The van der Waals surface area contributed by atoms with Crippen LogP contribution in [0.25, 0.3) is 0 Å². The van der Waals surface area contributed by atoms with Crippen molar-refractivity contribution >= 4 is 59.0 Å². The average Bonchev–Trinajstić information content (AvgIpc) is 2.74. The van der Waals surface area contributed by atoms with E-state index in [1.54, 1.807) is 18.2 Å². The number of rotatable bonds is 4. The topological polar surface area (TPSA) is 85.1 Å². The second kappa shape index (κ2) is 5.88. The lowest BCUT2D eigenvalue weighted by atomic mass is 10.5. The zero-order chi connectivity index (χ0) is 14.0. The zero-order valence-corrected chi connectivity index (χ0v) is 14.2. The van der Waals surface area contributed by atoms with Crippen molar-refractivity contribution in [3.05, 3.63) is 37.5 Å². The summed E-state index contributed by atoms with van der Waals surface area (Å²) in [7, 11) is -3.67. The lowest BCUT2D eigenvalue weighted by Gasteiger charge is -2.06. The summed E-state index contributed by atoms with van der Waals surface area (Å²) in [5, 5.41) is 0. The Labute approximate surface area is 131 Å². The maximum atomic E-state index is 12.2. The third-order valence-electron chi connectivity index (χ3n) is 2.16. The van der Waals surface area contributed by atoms with Crippen molar-refractivity contribution in [2.45, 2.75) is 11.4 Å². The number of hydrogen-bond acceptors (Lipinski definition) is 5. The van der Waals surface area contributed by atoms with Crippen LogP contribution in [-0.4, -0.2) is 13.4 Å². The van der Waals surface area contributed by atoms with Gasteiger partial charge in [0.15, 0.2) is 0 Å². The number of nitrogens with two attached hydrogens (primary N) is 1. The molecule has 0 radical (unpaired) electrons. The number of hydrogen-bond donors (Lipinski definition) is 2. The van der Waals surface area contributed by atoms with Gasteiger partial charge in [-0.25, -0.2) is 13.4 Å². The minimum absolute atomic E-state index is 0.169. The fourth-order valence-electron chi connectivity index (χ4n) is 1.31. The van der Waals surface area contributed by atoms with Gasteiger partial charge >= 0.3 is 0 Å². The molecule has 0 saturated heterocycles. The molecule has 102 valence electrons. The smallest absolute Gasteiger partial charge is 0.265 e. The molecule has 0 aromatic carbocycles. The molecule has 0 aliphatic carbocycles. The third kappa shape index (κ3) is 3.54. The first kappa shape index (κ1) is 14.9. The normalized spacial score (nSPS) is 11.5. The molecule has 0 spiro atoms. The van der Waals surface area contributed by atoms with Gasteiger partial charge in [0.2, 0.25) is 0 Å². The lowest BCUT2D eigenvalue weighted by Crippen LogP contribution is -2.13. The van der Waals surface area contributed by atoms with Crippen LogP contribution >= 0.6 is 43.2 Å². The molecule has 0 atom stereocenters. The van der Waals surface area contributed by atoms with Gasteiger partial charge in [0.25, 0.3) is 10.0 Å². The molecule has 0 aliphatic rings. The molecule has 2 rings (SSSR count). The first-order valence-corrected chi connectivity index (χ1v) is 8.93. The van der Waals surface area contributed by atoms with E-state index in [1.807, 2.05) is 0 Å². The van der Waals surface area contributed by atoms with Gasteiger partial charge in [0.05, 0.1) is 3.79 Å². The highest BCUT2D eigenvalue weighted by atomic mass is 79.9. The van der Waals surface area contributed by atoms with Gasteiger partial charge in [-0.15, -0.1) is 11.3 Å². The highest BCUT2D eigenvalue weighted by Crippen LogP contribution is 2.32. The summed E-state index contributed by atoms with van der Waals surface area (Å²) >= 11 is 7.77. The van der Waals surface area contributed by atoms with Gasteiger partial charge in [0.1, 0.15) is 10.7 Å². The van der Waals surface area contributed by atoms with E-state index in [9.17, 15) is 8.42 Å². The molecule has 9 heteroatoms. The Balaban J connectivity index is 2.31. The van der Waals surface area contributed by atoms with E-state index in [0.717, 1.165) is 9.35 Å². The zero-order valence-electron chi connectivity index (χ0n) is 9.43. The lowest BCUT2D eigenvalue weighted by molar-refractivity contribution is 0.601. The first-order chi connectivity index (χ1) is 8.92. The molecule has 3 N–H and O–H groups in total. The molecule has 2 aromatic heterocycles. The summed E-state index contributed by atoms with van der Waals surface area (Å²) in [6.07, 6.45) is 1.52. The van der Waals surface area contributed by atoms with E-state index in [4.69, 9.17) is 5.73 Å². The molecule has 0 bridgehead atoms. The SMILES string of the molecule is NCc1cc(S(=O)(=O)Nc2ccc(Br)cn2)c(Br)s1. The van der Waals surface area contributed by atoms with Crippen LogP contribution in [0.2, 0.25) is 0 Å². The van der Waals surface area contributed by atoms with Gasteiger partial charge < -0.3 is 5.73 Å². The van der Waals surface area contributed by atoms with Crippen LogP contribution in [0, 0.1) is 0 Å². The van der Waals surface area contributed by atoms with Crippen molar-refractivity contribution in [3.63, 3.8) is 0 Å². The van der Waals surface area contributed by atoms with Gasteiger partial charge in [0, 0.05) is 22.1 Å². The minimum Gasteiger partial charge on any atom is -0.326 e. The van der Waals surface area contributed by atoms with E-state index < -0.39 is 10.0 Å². The molecule has 19 heavy (non-hydrogen) atoms. The van der Waals surface area contributed by atoms with E-state index in [-0.39, 0.29) is 10.7 Å². The van der Waals surface area contributed by atoms with Crippen LogP contribution in [0.3, 0.4) is 0 Å². The second-order valence-corrected chi connectivity index (χ2v) is 8.54. The summed E-state index contributed by atoms with van der Waals surface area (Å²) in [5.74, 6) is 0.260. The van der Waals surface area contributed by atoms with Crippen molar-refractivity contribution in [2.75, 3.05) is 4.72 Å².